The summed E-state index contributed by atoms with van der Waals surface area (Å²) < 4.78 is 4.94. The van der Waals surface area contributed by atoms with Gasteiger partial charge in [0.25, 0.3) is 5.84 Å². The highest BCUT2D eigenvalue weighted by Gasteiger charge is 2.54. The minimum absolute atomic E-state index is 0.0218. The van der Waals surface area contributed by atoms with Gasteiger partial charge in [0, 0.05) is 6.20 Å². The zero-order valence-corrected chi connectivity index (χ0v) is 12.1. The van der Waals surface area contributed by atoms with E-state index >= 15 is 0 Å². The van der Waals surface area contributed by atoms with Crippen molar-refractivity contribution < 1.29 is 14.1 Å². The standard InChI is InChI=1S/C11H14N5O3S/c1-4-16(2)8(14-9(20)10(16)15(17)18)7-5-6-12-11(13-7)19-3/h5-6,10H,4H2,1-3H3/q+1. The molecule has 9 heteroatoms. The number of rotatable bonds is 4. The third-order valence-corrected chi connectivity index (χ3v) is 3.66. The van der Waals surface area contributed by atoms with Crippen molar-refractivity contribution in [2.24, 2.45) is 4.99 Å². The van der Waals surface area contributed by atoms with Crippen LogP contribution in [0, 0.1) is 10.1 Å². The molecule has 1 aromatic heterocycles. The van der Waals surface area contributed by atoms with Crippen molar-refractivity contribution in [1.29, 1.82) is 0 Å². The summed E-state index contributed by atoms with van der Waals surface area (Å²) in [6, 6.07) is 1.82. The average Bonchev–Trinajstić information content (AvgIpc) is 2.71. The van der Waals surface area contributed by atoms with Gasteiger partial charge in [-0.05, 0) is 25.2 Å². The molecular weight excluding hydrogens is 282 g/mol. The zero-order valence-electron chi connectivity index (χ0n) is 11.3. The first-order chi connectivity index (χ1) is 9.43. The Morgan fingerprint density at radius 3 is 2.85 bits per heavy atom. The summed E-state index contributed by atoms with van der Waals surface area (Å²) in [5.41, 5.74) is 0.480. The maximum Gasteiger partial charge on any atom is 0.395 e. The topological polar surface area (TPSA) is 90.5 Å². The van der Waals surface area contributed by atoms with Crippen LogP contribution in [0.3, 0.4) is 0 Å². The second-order valence-corrected chi connectivity index (χ2v) is 4.86. The van der Waals surface area contributed by atoms with Crippen molar-refractivity contribution in [1.82, 2.24) is 9.97 Å². The van der Waals surface area contributed by atoms with Gasteiger partial charge < -0.3 is 4.74 Å². The molecule has 2 rings (SSSR count). The normalized spacial score (nSPS) is 25.4. The Bertz CT molecular complexity index is 605. The Balaban J connectivity index is 2.52. The molecule has 0 aliphatic carbocycles. The highest BCUT2D eigenvalue weighted by molar-refractivity contribution is 7.80. The second-order valence-electron chi connectivity index (χ2n) is 4.45. The molecule has 106 valence electrons. The summed E-state index contributed by atoms with van der Waals surface area (Å²) in [4.78, 5) is 23.2. The van der Waals surface area contributed by atoms with E-state index in [4.69, 9.17) is 17.0 Å². The third-order valence-electron chi connectivity index (χ3n) is 3.36. The molecule has 0 saturated carbocycles. The van der Waals surface area contributed by atoms with Gasteiger partial charge in [-0.2, -0.15) is 9.98 Å². The monoisotopic (exact) mass is 296 g/mol. The van der Waals surface area contributed by atoms with Crippen LogP contribution < -0.4 is 4.74 Å². The minimum atomic E-state index is -1.06. The van der Waals surface area contributed by atoms with E-state index in [1.54, 1.807) is 13.1 Å². The largest absolute Gasteiger partial charge is 0.467 e. The number of likely N-dealkylation sites (N-methyl/N-ethyl adjacent to an activating group) is 1. The molecule has 1 aliphatic heterocycles. The molecule has 0 amide bonds. The maximum atomic E-state index is 11.3. The predicted molar refractivity (Wildman–Crippen MR) is 75.2 cm³/mol. The lowest BCUT2D eigenvalue weighted by molar-refractivity contribution is -0.921. The van der Waals surface area contributed by atoms with Gasteiger partial charge in [-0.1, -0.05) is 0 Å². The Morgan fingerprint density at radius 2 is 2.30 bits per heavy atom. The van der Waals surface area contributed by atoms with Crippen LogP contribution >= 0.6 is 12.2 Å². The number of ether oxygens (including phenoxy) is 1. The molecule has 1 aliphatic rings. The van der Waals surface area contributed by atoms with Crippen molar-refractivity contribution in [3.63, 3.8) is 0 Å². The van der Waals surface area contributed by atoms with Crippen LogP contribution in [0.25, 0.3) is 0 Å². The maximum absolute atomic E-state index is 11.3. The fourth-order valence-corrected chi connectivity index (χ4v) is 2.54. The number of methoxy groups -OCH3 is 1. The molecule has 0 saturated heterocycles. The third kappa shape index (κ3) is 2.14. The summed E-state index contributed by atoms with van der Waals surface area (Å²) in [5.74, 6) is 0.458. The van der Waals surface area contributed by atoms with Gasteiger partial charge in [0.15, 0.2) is 5.69 Å². The van der Waals surface area contributed by atoms with E-state index in [-0.39, 0.29) is 15.5 Å². The molecule has 2 heterocycles. The first-order valence-electron chi connectivity index (χ1n) is 5.93. The van der Waals surface area contributed by atoms with Crippen LogP contribution in [0.5, 0.6) is 6.01 Å². The van der Waals surface area contributed by atoms with Crippen LogP contribution in [0.4, 0.5) is 0 Å². The smallest absolute Gasteiger partial charge is 0.395 e. The van der Waals surface area contributed by atoms with E-state index in [9.17, 15) is 10.1 Å². The van der Waals surface area contributed by atoms with E-state index in [1.807, 2.05) is 6.92 Å². The highest BCUT2D eigenvalue weighted by atomic mass is 32.1. The van der Waals surface area contributed by atoms with Crippen molar-refractivity contribution in [2.75, 3.05) is 20.7 Å². The van der Waals surface area contributed by atoms with Crippen molar-refractivity contribution in [3.8, 4) is 6.01 Å². The van der Waals surface area contributed by atoms with E-state index in [2.05, 4.69) is 15.0 Å². The molecule has 0 fully saturated rings. The number of nitro groups is 1. The van der Waals surface area contributed by atoms with Gasteiger partial charge in [0.1, 0.15) is 0 Å². The van der Waals surface area contributed by atoms with Crippen molar-refractivity contribution >= 4 is 23.0 Å². The quantitative estimate of drug-likeness (QED) is 0.350. The van der Waals surface area contributed by atoms with E-state index in [1.165, 1.54) is 13.3 Å². The Labute approximate surface area is 120 Å². The van der Waals surface area contributed by atoms with Crippen LogP contribution in [-0.2, 0) is 0 Å². The van der Waals surface area contributed by atoms with Crippen molar-refractivity contribution in [2.45, 2.75) is 13.1 Å². The summed E-state index contributed by atoms with van der Waals surface area (Å²) in [6.45, 7) is 2.31. The van der Waals surface area contributed by atoms with Crippen LogP contribution in [0.1, 0.15) is 12.6 Å². The van der Waals surface area contributed by atoms with Gasteiger partial charge in [-0.25, -0.2) is 9.47 Å². The lowest BCUT2D eigenvalue weighted by Gasteiger charge is -2.28. The summed E-state index contributed by atoms with van der Waals surface area (Å²) in [6.07, 6.45) is 0.456. The summed E-state index contributed by atoms with van der Waals surface area (Å²) in [5, 5.41) is 11.3. The lowest BCUT2D eigenvalue weighted by Crippen LogP contribution is -2.58. The number of amidine groups is 1. The molecule has 1 aromatic rings. The molecule has 0 spiro atoms. The Hall–Kier alpha value is -2.00. The molecule has 0 aromatic carbocycles. The van der Waals surface area contributed by atoms with E-state index in [0.717, 1.165) is 0 Å². The van der Waals surface area contributed by atoms with Crippen LogP contribution in [0.15, 0.2) is 17.3 Å². The first-order valence-corrected chi connectivity index (χ1v) is 6.34. The second kappa shape index (κ2) is 5.17. The lowest BCUT2D eigenvalue weighted by atomic mass is 10.2. The fraction of sp³-hybridized carbons (Fsp3) is 0.455. The fourth-order valence-electron chi connectivity index (χ4n) is 2.14. The number of thiocarbonyl (C=S) groups is 1. The number of quaternary nitrogens is 1. The first kappa shape index (κ1) is 14.4. The molecular formula is C11H14N5O3S+. The Kier molecular flexibility index (Phi) is 3.73. The predicted octanol–water partition coefficient (Wildman–Crippen LogP) is 0.642. The number of aromatic nitrogens is 2. The Morgan fingerprint density at radius 1 is 1.60 bits per heavy atom. The number of nitrogens with zero attached hydrogens (tertiary/aromatic N) is 5. The van der Waals surface area contributed by atoms with E-state index in [0.29, 0.717) is 18.1 Å². The molecule has 2 unspecified atom stereocenters. The number of hydrogen-bond acceptors (Lipinski definition) is 6. The molecule has 0 bridgehead atoms. The van der Waals surface area contributed by atoms with Gasteiger partial charge in [-0.15, -0.1) is 0 Å². The van der Waals surface area contributed by atoms with Crippen molar-refractivity contribution in [3.05, 3.63) is 28.1 Å². The minimum Gasteiger partial charge on any atom is -0.467 e. The number of aliphatic imine (C=N–C) groups is 1. The molecule has 8 nitrogen and oxygen atoms in total. The van der Waals surface area contributed by atoms with Crippen LogP contribution in [0.2, 0.25) is 0 Å². The van der Waals surface area contributed by atoms with Gasteiger partial charge in [0.2, 0.25) is 4.99 Å². The van der Waals surface area contributed by atoms with Crippen LogP contribution in [-0.4, -0.2) is 57.1 Å². The highest BCUT2D eigenvalue weighted by Crippen LogP contribution is 2.26. The summed E-state index contributed by atoms with van der Waals surface area (Å²) in [7, 11) is 3.17. The number of hydrogen-bond donors (Lipinski definition) is 0. The van der Waals surface area contributed by atoms with Gasteiger partial charge >= 0.3 is 12.2 Å². The van der Waals surface area contributed by atoms with Gasteiger partial charge in [0.05, 0.1) is 25.6 Å². The summed E-state index contributed by atoms with van der Waals surface area (Å²) >= 11 is 5.05. The zero-order chi connectivity index (χ0) is 14.9. The van der Waals surface area contributed by atoms with E-state index < -0.39 is 11.1 Å². The molecule has 0 N–H and O–H groups in total. The SMILES string of the molecule is CC[N+]1(C)C(c2ccnc(OC)n2)=NC(=S)C1[N+](=O)[O-]. The molecule has 2 atom stereocenters. The van der Waals surface area contributed by atoms with Gasteiger partial charge in [-0.3, -0.25) is 10.1 Å². The molecule has 0 radical (unpaired) electrons. The molecule has 20 heavy (non-hydrogen) atoms. The average molecular weight is 296 g/mol.